The molecule has 0 radical (unpaired) electrons. The fourth-order valence-electron chi connectivity index (χ4n) is 3.53. The molecule has 2 amide bonds. The number of nitrogens with zero attached hydrogens (tertiary/aromatic N) is 5. The predicted octanol–water partition coefficient (Wildman–Crippen LogP) is 4.44. The van der Waals surface area contributed by atoms with Gasteiger partial charge >= 0.3 is 0 Å². The maximum absolute atomic E-state index is 12.6. The van der Waals surface area contributed by atoms with Crippen molar-refractivity contribution in [3.8, 4) is 11.6 Å². The van der Waals surface area contributed by atoms with Crippen molar-refractivity contribution in [3.63, 3.8) is 0 Å². The number of aryl methyl sites for hydroxylation is 3. The van der Waals surface area contributed by atoms with E-state index < -0.39 is 0 Å². The number of carbonyl (C=O) groups excluding carboxylic acids is 2. The summed E-state index contributed by atoms with van der Waals surface area (Å²) >= 11 is 1.38. The summed E-state index contributed by atoms with van der Waals surface area (Å²) in [5.74, 6) is 0.737. The highest BCUT2D eigenvalue weighted by Gasteiger charge is 2.14. The van der Waals surface area contributed by atoms with Gasteiger partial charge in [0.05, 0.1) is 16.8 Å². The van der Waals surface area contributed by atoms with Crippen LogP contribution in [0.5, 0.6) is 11.6 Å². The van der Waals surface area contributed by atoms with E-state index in [4.69, 9.17) is 4.74 Å². The fourth-order valence-corrected chi connectivity index (χ4v) is 4.35. The van der Waals surface area contributed by atoms with E-state index in [9.17, 15) is 9.59 Å². The number of thiophene rings is 1. The number of aromatic nitrogens is 5. The Bertz CT molecular complexity index is 1570. The Morgan fingerprint density at radius 3 is 2.60 bits per heavy atom. The van der Waals surface area contributed by atoms with Gasteiger partial charge in [0.25, 0.3) is 11.8 Å². The SMILES string of the molecule is Cc1cc(C(=O)Nc2cccc(Oc3ccc4nc(NC(=O)c5sccc5C)cn4n3)c2)n(C)n1. The zero-order chi connectivity index (χ0) is 24.5. The normalized spacial score (nSPS) is 10.9. The van der Waals surface area contributed by atoms with Crippen LogP contribution in [-0.2, 0) is 7.05 Å². The fraction of sp³-hybridized carbons (Fsp3) is 0.125. The van der Waals surface area contributed by atoms with Gasteiger partial charge in [0.2, 0.25) is 5.88 Å². The number of fused-ring (bicyclic) bond motifs is 1. The summed E-state index contributed by atoms with van der Waals surface area (Å²) < 4.78 is 8.96. The van der Waals surface area contributed by atoms with Crippen LogP contribution in [0.3, 0.4) is 0 Å². The van der Waals surface area contributed by atoms with Gasteiger partial charge in [-0.25, -0.2) is 9.50 Å². The van der Waals surface area contributed by atoms with E-state index in [1.54, 1.807) is 55.7 Å². The lowest BCUT2D eigenvalue weighted by molar-refractivity contribution is 0.101. The number of rotatable bonds is 6. The van der Waals surface area contributed by atoms with E-state index in [1.807, 2.05) is 25.3 Å². The van der Waals surface area contributed by atoms with Gasteiger partial charge < -0.3 is 15.4 Å². The molecule has 35 heavy (non-hydrogen) atoms. The molecule has 0 aliphatic heterocycles. The molecule has 176 valence electrons. The molecule has 0 bridgehead atoms. The molecule has 0 aliphatic rings. The van der Waals surface area contributed by atoms with Crippen LogP contribution in [0.1, 0.15) is 31.4 Å². The lowest BCUT2D eigenvalue weighted by Gasteiger charge is -2.08. The van der Waals surface area contributed by atoms with Crippen molar-refractivity contribution in [2.75, 3.05) is 10.6 Å². The molecule has 11 heteroatoms. The van der Waals surface area contributed by atoms with Crippen molar-refractivity contribution in [1.82, 2.24) is 24.4 Å². The molecule has 0 saturated heterocycles. The van der Waals surface area contributed by atoms with Gasteiger partial charge in [-0.05, 0) is 55.1 Å². The van der Waals surface area contributed by atoms with Crippen LogP contribution < -0.4 is 15.4 Å². The number of anilines is 2. The summed E-state index contributed by atoms with van der Waals surface area (Å²) in [4.78, 5) is 30.1. The zero-order valence-electron chi connectivity index (χ0n) is 19.1. The molecule has 2 N–H and O–H groups in total. The zero-order valence-corrected chi connectivity index (χ0v) is 20.0. The molecule has 0 unspecified atom stereocenters. The molecule has 0 saturated carbocycles. The number of ether oxygens (including phenoxy) is 1. The molecule has 0 fully saturated rings. The summed E-state index contributed by atoms with van der Waals surface area (Å²) in [5, 5.41) is 16.1. The number of nitrogens with one attached hydrogen (secondary N) is 2. The second-order valence-corrected chi connectivity index (χ2v) is 8.78. The Morgan fingerprint density at radius 2 is 1.86 bits per heavy atom. The van der Waals surface area contributed by atoms with Crippen molar-refractivity contribution in [3.05, 3.63) is 81.9 Å². The molecule has 0 atom stereocenters. The largest absolute Gasteiger partial charge is 0.438 e. The lowest BCUT2D eigenvalue weighted by Crippen LogP contribution is -2.16. The van der Waals surface area contributed by atoms with E-state index in [0.29, 0.717) is 39.4 Å². The van der Waals surface area contributed by atoms with Crippen molar-refractivity contribution >= 4 is 40.3 Å². The average molecular weight is 488 g/mol. The van der Waals surface area contributed by atoms with Crippen LogP contribution >= 0.6 is 11.3 Å². The monoisotopic (exact) mass is 487 g/mol. The minimum Gasteiger partial charge on any atom is -0.438 e. The molecule has 4 aromatic heterocycles. The molecule has 5 rings (SSSR count). The number of hydrogen-bond donors (Lipinski definition) is 2. The molecule has 5 aromatic rings. The Balaban J connectivity index is 1.29. The Morgan fingerprint density at radius 1 is 1.00 bits per heavy atom. The highest BCUT2D eigenvalue weighted by molar-refractivity contribution is 7.12. The van der Waals surface area contributed by atoms with Crippen molar-refractivity contribution in [1.29, 1.82) is 0 Å². The molecule has 0 spiro atoms. The Kier molecular flexibility index (Phi) is 5.75. The van der Waals surface area contributed by atoms with Gasteiger partial charge in [0.15, 0.2) is 11.5 Å². The van der Waals surface area contributed by atoms with Gasteiger partial charge in [0.1, 0.15) is 11.4 Å². The maximum Gasteiger partial charge on any atom is 0.273 e. The van der Waals surface area contributed by atoms with E-state index >= 15 is 0 Å². The number of amides is 2. The molecule has 4 heterocycles. The lowest BCUT2D eigenvalue weighted by atomic mass is 10.3. The second kappa shape index (κ2) is 9.03. The first-order valence-corrected chi connectivity index (χ1v) is 11.6. The van der Waals surface area contributed by atoms with Crippen LogP contribution in [0, 0.1) is 13.8 Å². The smallest absolute Gasteiger partial charge is 0.273 e. The first kappa shape index (κ1) is 22.3. The van der Waals surface area contributed by atoms with Crippen LogP contribution in [0.15, 0.2) is 60.1 Å². The van der Waals surface area contributed by atoms with E-state index in [1.165, 1.54) is 20.5 Å². The van der Waals surface area contributed by atoms with Gasteiger partial charge in [-0.2, -0.15) is 5.10 Å². The van der Waals surface area contributed by atoms with Gasteiger partial charge in [0, 0.05) is 24.9 Å². The van der Waals surface area contributed by atoms with E-state index in [-0.39, 0.29) is 11.8 Å². The third-order valence-electron chi connectivity index (χ3n) is 5.15. The van der Waals surface area contributed by atoms with Gasteiger partial charge in [-0.3, -0.25) is 14.3 Å². The predicted molar refractivity (Wildman–Crippen MR) is 132 cm³/mol. The first-order valence-electron chi connectivity index (χ1n) is 10.7. The summed E-state index contributed by atoms with van der Waals surface area (Å²) in [6.45, 7) is 3.72. The number of carbonyl (C=O) groups is 2. The molecular weight excluding hydrogens is 466 g/mol. The quantitative estimate of drug-likeness (QED) is 0.366. The summed E-state index contributed by atoms with van der Waals surface area (Å²) in [6.07, 6.45) is 1.62. The third-order valence-corrected chi connectivity index (χ3v) is 6.17. The van der Waals surface area contributed by atoms with E-state index in [0.717, 1.165) is 11.3 Å². The van der Waals surface area contributed by atoms with E-state index in [2.05, 4.69) is 25.8 Å². The standard InChI is InChI=1S/C24H21N7O3S/c1-14-9-10-35-22(14)24(33)27-19-13-31-20(26-19)7-8-21(29-31)34-17-6-4-5-16(12-17)25-23(32)18-11-15(2)28-30(18)3/h4-13H,1-3H3,(H,25,32)(H,27,33). The molecule has 0 aliphatic carbocycles. The van der Waals surface area contributed by atoms with Crippen molar-refractivity contribution in [2.45, 2.75) is 13.8 Å². The summed E-state index contributed by atoms with van der Waals surface area (Å²) in [7, 11) is 1.72. The van der Waals surface area contributed by atoms with Crippen molar-refractivity contribution < 1.29 is 14.3 Å². The molecule has 1 aromatic carbocycles. The number of hydrogen-bond acceptors (Lipinski definition) is 7. The number of benzene rings is 1. The van der Waals surface area contributed by atoms with Crippen molar-refractivity contribution in [2.24, 2.45) is 7.05 Å². The van der Waals surface area contributed by atoms with Crippen LogP contribution in [0.2, 0.25) is 0 Å². The van der Waals surface area contributed by atoms with Crippen LogP contribution in [0.4, 0.5) is 11.5 Å². The second-order valence-electron chi connectivity index (χ2n) is 7.87. The molecule has 10 nitrogen and oxygen atoms in total. The maximum atomic E-state index is 12.6. The minimum atomic E-state index is -0.268. The van der Waals surface area contributed by atoms with Gasteiger partial charge in [-0.1, -0.05) is 6.07 Å². The Hall–Kier alpha value is -4.51. The highest BCUT2D eigenvalue weighted by Crippen LogP contribution is 2.24. The van der Waals surface area contributed by atoms with Crippen LogP contribution in [-0.4, -0.2) is 36.2 Å². The third kappa shape index (κ3) is 4.75. The summed E-state index contributed by atoms with van der Waals surface area (Å²) in [5.41, 5.74) is 3.27. The highest BCUT2D eigenvalue weighted by atomic mass is 32.1. The minimum absolute atomic E-state index is 0.211. The van der Waals surface area contributed by atoms with Gasteiger partial charge in [-0.15, -0.1) is 16.4 Å². The average Bonchev–Trinajstić information content (AvgIpc) is 3.51. The Labute approximate surface area is 204 Å². The summed E-state index contributed by atoms with van der Waals surface area (Å²) in [6, 6.07) is 14.0. The topological polar surface area (TPSA) is 115 Å². The number of imidazole rings is 1. The first-order chi connectivity index (χ1) is 16.9. The molecular formula is C24H21N7O3S. The van der Waals surface area contributed by atoms with Crippen LogP contribution in [0.25, 0.3) is 5.65 Å².